The summed E-state index contributed by atoms with van der Waals surface area (Å²) in [5.41, 5.74) is 2.57. The van der Waals surface area contributed by atoms with Crippen LogP contribution in [0.25, 0.3) is 0 Å². The van der Waals surface area contributed by atoms with Crippen LogP contribution in [0.1, 0.15) is 63.1 Å². The number of aromatic nitrogens is 1. The summed E-state index contributed by atoms with van der Waals surface area (Å²) in [7, 11) is 0. The number of nitrogens with zero attached hydrogens (tertiary/aromatic N) is 5. The first-order valence-electron chi connectivity index (χ1n) is 13.7. The first-order chi connectivity index (χ1) is 17.0. The fourth-order valence-corrected chi connectivity index (χ4v) is 7.54. The summed E-state index contributed by atoms with van der Waals surface area (Å²) in [6, 6.07) is 5.32. The van der Waals surface area contributed by atoms with Gasteiger partial charge in [-0.2, -0.15) is 0 Å². The molecule has 0 aromatic carbocycles. The molecule has 1 saturated carbocycles. The van der Waals surface area contributed by atoms with Crippen LogP contribution in [0, 0.1) is 11.3 Å². The molecule has 8 nitrogen and oxygen atoms in total. The van der Waals surface area contributed by atoms with E-state index in [1.165, 1.54) is 31.2 Å². The summed E-state index contributed by atoms with van der Waals surface area (Å²) in [6.45, 7) is 8.56. The molecule has 0 N–H and O–H groups in total. The van der Waals surface area contributed by atoms with Gasteiger partial charge in [-0.25, -0.2) is 9.59 Å². The zero-order valence-corrected chi connectivity index (χ0v) is 21.0. The maximum Gasteiger partial charge on any atom is 0.409 e. The molecule has 35 heavy (non-hydrogen) atoms. The lowest BCUT2D eigenvalue weighted by atomic mass is 9.64. The Bertz CT molecular complexity index is 931. The average molecular weight is 482 g/mol. The molecule has 1 atom stereocenters. The number of carbonyl (C=O) groups is 2. The van der Waals surface area contributed by atoms with Gasteiger partial charge in [0.05, 0.1) is 18.8 Å². The van der Waals surface area contributed by atoms with Gasteiger partial charge in [0.1, 0.15) is 0 Å². The molecule has 3 amide bonds. The Morgan fingerprint density at radius 2 is 1.91 bits per heavy atom. The second kappa shape index (κ2) is 9.26. The van der Waals surface area contributed by atoms with Gasteiger partial charge < -0.3 is 24.3 Å². The third-order valence-corrected chi connectivity index (χ3v) is 9.44. The molecule has 3 saturated heterocycles. The van der Waals surface area contributed by atoms with Crippen molar-refractivity contribution >= 4 is 12.1 Å². The Hall–Kier alpha value is -2.35. The molecule has 4 fully saturated rings. The predicted octanol–water partition coefficient (Wildman–Crippen LogP) is 3.70. The number of fused-ring (bicyclic) bond motifs is 1. The van der Waals surface area contributed by atoms with Crippen LogP contribution in [-0.2, 0) is 17.8 Å². The van der Waals surface area contributed by atoms with Gasteiger partial charge in [-0.05, 0) is 87.9 Å². The van der Waals surface area contributed by atoms with E-state index in [1.54, 1.807) is 0 Å². The minimum Gasteiger partial charge on any atom is -0.450 e. The first kappa shape index (κ1) is 23.1. The number of amides is 3. The van der Waals surface area contributed by atoms with Crippen LogP contribution < -0.4 is 0 Å². The molecule has 1 aromatic rings. The number of ether oxygens (including phenoxy) is 1. The molecule has 0 unspecified atom stereocenters. The average Bonchev–Trinajstić information content (AvgIpc) is 3.61. The van der Waals surface area contributed by atoms with Crippen LogP contribution >= 0.6 is 0 Å². The smallest absolute Gasteiger partial charge is 0.409 e. The summed E-state index contributed by atoms with van der Waals surface area (Å²) in [4.78, 5) is 38.8. The van der Waals surface area contributed by atoms with Gasteiger partial charge in [0.2, 0.25) is 0 Å². The van der Waals surface area contributed by atoms with Crippen LogP contribution in [0.2, 0.25) is 0 Å². The van der Waals surface area contributed by atoms with E-state index in [9.17, 15) is 9.59 Å². The zero-order chi connectivity index (χ0) is 24.0. The van der Waals surface area contributed by atoms with E-state index in [2.05, 4.69) is 20.9 Å². The summed E-state index contributed by atoms with van der Waals surface area (Å²) in [5.74, 6) is 0.612. The number of pyridine rings is 1. The number of likely N-dealkylation sites (tertiary alicyclic amines) is 3. The topological polar surface area (TPSA) is 69.2 Å². The van der Waals surface area contributed by atoms with Crippen molar-refractivity contribution in [3.05, 3.63) is 29.6 Å². The summed E-state index contributed by atoms with van der Waals surface area (Å²) < 4.78 is 5.21. The van der Waals surface area contributed by atoms with Gasteiger partial charge >= 0.3 is 12.1 Å². The lowest BCUT2D eigenvalue weighted by Gasteiger charge is -2.52. The molecular formula is C27H39N5O3. The highest BCUT2D eigenvalue weighted by molar-refractivity contribution is 5.76. The monoisotopic (exact) mass is 481 g/mol. The van der Waals surface area contributed by atoms with E-state index in [0.29, 0.717) is 43.1 Å². The van der Waals surface area contributed by atoms with Gasteiger partial charge in [-0.1, -0.05) is 6.07 Å². The first-order valence-corrected chi connectivity index (χ1v) is 13.7. The standard InChI is InChI=1S/C27H39N5O3/c1-2-35-26(34)30-14-9-27(19-30)15-22(16-27)29-12-7-20(8-13-29)24-6-4-11-32(24)25(33)31-17-21-5-3-10-28-23(21)18-31/h3,5,10,20,22,24H,2,4,6-9,11-19H2,1H3/t22?,24-,27?/m0/s1. The molecular weight excluding hydrogens is 442 g/mol. The molecule has 0 bridgehead atoms. The molecule has 6 rings (SSSR count). The van der Waals surface area contributed by atoms with Crippen LogP contribution in [0.15, 0.2) is 18.3 Å². The Labute approximate surface area is 208 Å². The minimum absolute atomic E-state index is 0.140. The SMILES string of the molecule is CCOC(=O)N1CCC2(CC(N3CCC([C@@H]4CCCN4C(=O)N4Cc5cccnc5C4)CC3)C2)C1. The number of rotatable bonds is 3. The van der Waals surface area contributed by atoms with Crippen molar-refractivity contribution in [1.29, 1.82) is 0 Å². The predicted molar refractivity (Wildman–Crippen MR) is 132 cm³/mol. The van der Waals surface area contributed by atoms with E-state index >= 15 is 0 Å². The molecule has 1 aliphatic carbocycles. The fourth-order valence-electron chi connectivity index (χ4n) is 7.54. The number of urea groups is 1. The second-order valence-electron chi connectivity index (χ2n) is 11.5. The van der Waals surface area contributed by atoms with Gasteiger partial charge in [0.25, 0.3) is 0 Å². The maximum atomic E-state index is 13.4. The zero-order valence-electron chi connectivity index (χ0n) is 21.0. The molecule has 0 radical (unpaired) electrons. The molecule has 5 aliphatic rings. The molecule has 4 aliphatic heterocycles. The summed E-state index contributed by atoms with van der Waals surface area (Å²) in [6.07, 6.45) is 9.88. The third-order valence-electron chi connectivity index (χ3n) is 9.44. The van der Waals surface area contributed by atoms with Crippen molar-refractivity contribution in [2.24, 2.45) is 11.3 Å². The van der Waals surface area contributed by atoms with Gasteiger partial charge in [-0.3, -0.25) is 4.98 Å². The lowest BCUT2D eigenvalue weighted by Crippen LogP contribution is -2.55. The summed E-state index contributed by atoms with van der Waals surface area (Å²) in [5, 5.41) is 0. The number of hydrogen-bond acceptors (Lipinski definition) is 5. The van der Waals surface area contributed by atoms with Crippen LogP contribution in [0.5, 0.6) is 0 Å². The molecule has 5 heterocycles. The Morgan fingerprint density at radius 1 is 1.09 bits per heavy atom. The van der Waals surface area contributed by atoms with Crippen molar-refractivity contribution in [3.63, 3.8) is 0 Å². The number of carbonyl (C=O) groups excluding carboxylic acids is 2. The largest absolute Gasteiger partial charge is 0.450 e. The molecule has 1 spiro atoms. The molecule has 8 heteroatoms. The van der Waals surface area contributed by atoms with E-state index < -0.39 is 0 Å². The quantitative estimate of drug-likeness (QED) is 0.658. The van der Waals surface area contributed by atoms with Crippen molar-refractivity contribution in [3.8, 4) is 0 Å². The van der Waals surface area contributed by atoms with E-state index in [4.69, 9.17) is 4.74 Å². The van der Waals surface area contributed by atoms with Crippen LogP contribution in [0.3, 0.4) is 0 Å². The van der Waals surface area contributed by atoms with Crippen LogP contribution in [0.4, 0.5) is 9.59 Å². The number of hydrogen-bond donors (Lipinski definition) is 0. The highest BCUT2D eigenvalue weighted by Crippen LogP contribution is 2.51. The van der Waals surface area contributed by atoms with Gasteiger partial charge in [0, 0.05) is 44.5 Å². The van der Waals surface area contributed by atoms with Crippen molar-refractivity contribution < 1.29 is 14.3 Å². The minimum atomic E-state index is -0.140. The third kappa shape index (κ3) is 4.28. The fraction of sp³-hybridized carbons (Fsp3) is 0.741. The Morgan fingerprint density at radius 3 is 2.69 bits per heavy atom. The van der Waals surface area contributed by atoms with E-state index in [1.807, 2.05) is 29.0 Å². The molecule has 190 valence electrons. The van der Waals surface area contributed by atoms with Gasteiger partial charge in [0.15, 0.2) is 0 Å². The number of piperidine rings is 1. The molecule has 1 aromatic heterocycles. The van der Waals surface area contributed by atoms with E-state index in [0.717, 1.165) is 57.7 Å². The Balaban J connectivity index is 0.989. The lowest BCUT2D eigenvalue weighted by molar-refractivity contribution is -0.0149. The Kier molecular flexibility index (Phi) is 6.11. The second-order valence-corrected chi connectivity index (χ2v) is 11.5. The highest BCUT2D eigenvalue weighted by Gasteiger charge is 2.52. The van der Waals surface area contributed by atoms with Crippen molar-refractivity contribution in [2.75, 3.05) is 39.3 Å². The van der Waals surface area contributed by atoms with Crippen molar-refractivity contribution in [1.82, 2.24) is 24.6 Å². The highest BCUT2D eigenvalue weighted by atomic mass is 16.6. The van der Waals surface area contributed by atoms with E-state index in [-0.39, 0.29) is 12.1 Å². The normalized spacial score (nSPS) is 31.2. The van der Waals surface area contributed by atoms with Crippen molar-refractivity contribution in [2.45, 2.75) is 77.0 Å². The maximum absolute atomic E-state index is 13.4. The van der Waals surface area contributed by atoms with Crippen LogP contribution in [-0.4, -0.2) is 88.1 Å². The summed E-state index contributed by atoms with van der Waals surface area (Å²) >= 11 is 0. The van der Waals surface area contributed by atoms with Gasteiger partial charge in [-0.15, -0.1) is 0 Å².